The summed E-state index contributed by atoms with van der Waals surface area (Å²) in [6, 6.07) is 7.94. The van der Waals surface area contributed by atoms with Crippen LogP contribution in [0, 0.1) is 0 Å². The van der Waals surface area contributed by atoms with Gasteiger partial charge in [-0.15, -0.1) is 0 Å². The lowest BCUT2D eigenvalue weighted by Crippen LogP contribution is -2.37. The van der Waals surface area contributed by atoms with Crippen LogP contribution in [0.5, 0.6) is 0 Å². The second-order valence-corrected chi connectivity index (χ2v) is 5.26. The molecule has 2 nitrogen and oxygen atoms in total. The molecule has 1 N–H and O–H groups in total. The number of benzene rings is 1. The first kappa shape index (κ1) is 11.8. The summed E-state index contributed by atoms with van der Waals surface area (Å²) in [4.78, 5) is 1.52. The van der Waals surface area contributed by atoms with E-state index in [0.29, 0.717) is 13.1 Å². The number of anilines is 1. The van der Waals surface area contributed by atoms with Crippen molar-refractivity contribution in [3.63, 3.8) is 0 Å². The minimum Gasteiger partial charge on any atom is -0.384 e. The van der Waals surface area contributed by atoms with Gasteiger partial charge in [0.1, 0.15) is 0 Å². The number of para-hydroxylation sites is 1. The van der Waals surface area contributed by atoms with E-state index in [4.69, 9.17) is 0 Å². The molecule has 1 saturated heterocycles. The molecule has 0 amide bonds. The highest BCUT2D eigenvalue weighted by molar-refractivity contribution is 5.60. The van der Waals surface area contributed by atoms with E-state index in [1.54, 1.807) is 0 Å². The van der Waals surface area contributed by atoms with Crippen LogP contribution in [0.4, 0.5) is 18.9 Å². The predicted octanol–water partition coefficient (Wildman–Crippen LogP) is 2.62. The summed E-state index contributed by atoms with van der Waals surface area (Å²) in [5.74, 6) is 0. The largest absolute Gasteiger partial charge is 0.401 e. The van der Waals surface area contributed by atoms with Gasteiger partial charge in [0, 0.05) is 24.2 Å². The van der Waals surface area contributed by atoms with Crippen molar-refractivity contribution in [3.8, 4) is 0 Å². The summed E-state index contributed by atoms with van der Waals surface area (Å²) < 4.78 is 37.3. The Labute approximate surface area is 104 Å². The third kappa shape index (κ3) is 1.96. The zero-order valence-electron chi connectivity index (χ0n) is 9.93. The molecule has 1 spiro atoms. The van der Waals surface area contributed by atoms with Crippen molar-refractivity contribution in [3.05, 3.63) is 29.8 Å². The lowest BCUT2D eigenvalue weighted by molar-refractivity contribution is -0.143. The Morgan fingerprint density at radius 1 is 1.28 bits per heavy atom. The molecule has 0 radical (unpaired) electrons. The van der Waals surface area contributed by atoms with Crippen LogP contribution in [0.3, 0.4) is 0 Å². The molecule has 1 atom stereocenters. The molecule has 1 unspecified atom stereocenters. The van der Waals surface area contributed by atoms with E-state index in [1.807, 2.05) is 24.3 Å². The van der Waals surface area contributed by atoms with Crippen molar-refractivity contribution in [2.24, 2.45) is 0 Å². The minimum atomic E-state index is -4.10. The fourth-order valence-electron chi connectivity index (χ4n) is 3.17. The van der Waals surface area contributed by atoms with E-state index >= 15 is 0 Å². The molecule has 0 saturated carbocycles. The van der Waals surface area contributed by atoms with Crippen LogP contribution < -0.4 is 5.32 Å². The summed E-state index contributed by atoms with van der Waals surface area (Å²) in [5, 5.41) is 3.31. The van der Waals surface area contributed by atoms with Gasteiger partial charge < -0.3 is 5.32 Å². The maximum absolute atomic E-state index is 12.4. The second-order valence-electron chi connectivity index (χ2n) is 5.26. The standard InChI is InChI=1S/C13H15F3N2/c14-13(15,16)9-18-6-5-12(8-18)7-17-11-4-2-1-3-10(11)12/h1-4,17H,5-9H2. The van der Waals surface area contributed by atoms with Gasteiger partial charge in [0.25, 0.3) is 0 Å². The van der Waals surface area contributed by atoms with E-state index in [0.717, 1.165) is 18.7 Å². The van der Waals surface area contributed by atoms with Crippen LogP contribution in [-0.4, -0.2) is 37.3 Å². The van der Waals surface area contributed by atoms with Gasteiger partial charge in [-0.25, -0.2) is 0 Å². The predicted molar refractivity (Wildman–Crippen MR) is 63.7 cm³/mol. The van der Waals surface area contributed by atoms with Crippen LogP contribution in [0.25, 0.3) is 0 Å². The molecule has 1 aromatic rings. The molecule has 1 aromatic carbocycles. The zero-order chi connectivity index (χ0) is 12.8. The van der Waals surface area contributed by atoms with Crippen LogP contribution >= 0.6 is 0 Å². The minimum absolute atomic E-state index is 0.123. The molecule has 0 bridgehead atoms. The first-order valence-electron chi connectivity index (χ1n) is 6.11. The second kappa shape index (κ2) is 3.88. The Bertz CT molecular complexity index is 458. The number of hydrogen-bond donors (Lipinski definition) is 1. The first-order valence-corrected chi connectivity index (χ1v) is 6.11. The molecule has 1 fully saturated rings. The highest BCUT2D eigenvalue weighted by Gasteiger charge is 2.46. The summed E-state index contributed by atoms with van der Waals surface area (Å²) in [5.41, 5.74) is 2.13. The Morgan fingerprint density at radius 3 is 2.83 bits per heavy atom. The third-order valence-corrected chi connectivity index (χ3v) is 3.95. The van der Waals surface area contributed by atoms with E-state index in [1.165, 1.54) is 10.5 Å². The third-order valence-electron chi connectivity index (χ3n) is 3.95. The molecular formula is C13H15F3N2. The molecule has 18 heavy (non-hydrogen) atoms. The van der Waals surface area contributed by atoms with E-state index in [2.05, 4.69) is 5.32 Å². The Balaban J connectivity index is 1.80. The van der Waals surface area contributed by atoms with Crippen molar-refractivity contribution >= 4 is 5.69 Å². The number of fused-ring (bicyclic) bond motifs is 2. The summed E-state index contributed by atoms with van der Waals surface area (Å²) in [7, 11) is 0. The molecule has 98 valence electrons. The fourth-order valence-corrected chi connectivity index (χ4v) is 3.17. The number of alkyl halides is 3. The van der Waals surface area contributed by atoms with Crippen molar-refractivity contribution in [1.82, 2.24) is 4.90 Å². The SMILES string of the molecule is FC(F)(F)CN1CCC2(CNc3ccccc32)C1. The number of hydrogen-bond acceptors (Lipinski definition) is 2. The molecular weight excluding hydrogens is 241 g/mol. The van der Waals surface area contributed by atoms with Gasteiger partial charge in [0.15, 0.2) is 0 Å². The van der Waals surface area contributed by atoms with Gasteiger partial charge in [-0.3, -0.25) is 4.90 Å². The number of nitrogens with zero attached hydrogens (tertiary/aromatic N) is 1. The lowest BCUT2D eigenvalue weighted by atomic mass is 9.82. The fraction of sp³-hybridized carbons (Fsp3) is 0.538. The Morgan fingerprint density at radius 2 is 2.06 bits per heavy atom. The van der Waals surface area contributed by atoms with Gasteiger partial charge in [-0.05, 0) is 24.6 Å². The highest BCUT2D eigenvalue weighted by Crippen LogP contribution is 2.43. The van der Waals surface area contributed by atoms with E-state index in [-0.39, 0.29) is 5.41 Å². The van der Waals surface area contributed by atoms with Crippen molar-refractivity contribution in [2.45, 2.75) is 18.0 Å². The summed E-state index contributed by atoms with van der Waals surface area (Å²) in [6.45, 7) is 0.976. The van der Waals surface area contributed by atoms with Crippen molar-refractivity contribution in [2.75, 3.05) is 31.5 Å². The van der Waals surface area contributed by atoms with Crippen LogP contribution in [-0.2, 0) is 5.41 Å². The van der Waals surface area contributed by atoms with Gasteiger partial charge >= 0.3 is 6.18 Å². The molecule has 3 rings (SSSR count). The number of likely N-dealkylation sites (tertiary alicyclic amines) is 1. The zero-order valence-corrected chi connectivity index (χ0v) is 9.93. The number of halogens is 3. The van der Waals surface area contributed by atoms with Crippen LogP contribution in [0.1, 0.15) is 12.0 Å². The van der Waals surface area contributed by atoms with Gasteiger partial charge in [-0.1, -0.05) is 18.2 Å². The topological polar surface area (TPSA) is 15.3 Å². The Hall–Kier alpha value is -1.23. The smallest absolute Gasteiger partial charge is 0.384 e. The lowest BCUT2D eigenvalue weighted by Gasteiger charge is -2.24. The highest BCUT2D eigenvalue weighted by atomic mass is 19.4. The van der Waals surface area contributed by atoms with Gasteiger partial charge in [0.05, 0.1) is 6.54 Å². The molecule has 2 heterocycles. The monoisotopic (exact) mass is 256 g/mol. The average molecular weight is 256 g/mol. The van der Waals surface area contributed by atoms with Gasteiger partial charge in [-0.2, -0.15) is 13.2 Å². The average Bonchev–Trinajstić information content (AvgIpc) is 2.84. The van der Waals surface area contributed by atoms with Crippen molar-refractivity contribution in [1.29, 1.82) is 0 Å². The van der Waals surface area contributed by atoms with Crippen molar-refractivity contribution < 1.29 is 13.2 Å². The first-order chi connectivity index (χ1) is 8.49. The quantitative estimate of drug-likeness (QED) is 0.831. The number of rotatable bonds is 1. The molecule has 0 aromatic heterocycles. The normalized spacial score (nSPS) is 27.5. The maximum Gasteiger partial charge on any atom is 0.401 e. The molecule has 2 aliphatic heterocycles. The maximum atomic E-state index is 12.4. The molecule has 0 aliphatic carbocycles. The summed E-state index contributed by atoms with van der Waals surface area (Å²) >= 11 is 0. The van der Waals surface area contributed by atoms with Crippen LogP contribution in [0.2, 0.25) is 0 Å². The summed E-state index contributed by atoms with van der Waals surface area (Å²) in [6.07, 6.45) is -3.30. The van der Waals surface area contributed by atoms with E-state index in [9.17, 15) is 13.2 Å². The van der Waals surface area contributed by atoms with Gasteiger partial charge in [0.2, 0.25) is 0 Å². The number of nitrogens with one attached hydrogen (secondary N) is 1. The molecule has 5 heteroatoms. The Kier molecular flexibility index (Phi) is 2.55. The van der Waals surface area contributed by atoms with Crippen LogP contribution in [0.15, 0.2) is 24.3 Å². The van der Waals surface area contributed by atoms with E-state index < -0.39 is 12.7 Å². The molecule has 2 aliphatic rings.